The van der Waals surface area contributed by atoms with Gasteiger partial charge in [-0.05, 0) is 42.0 Å². The largest absolute Gasteiger partial charge is 0.392 e. The van der Waals surface area contributed by atoms with E-state index >= 15 is 0 Å². The predicted octanol–water partition coefficient (Wildman–Crippen LogP) is 2.94. The molecule has 1 aromatic carbocycles. The molecular weight excluding hydrogens is 258 g/mol. The molecule has 0 fully saturated rings. The Balaban J connectivity index is 2.46. The average Bonchev–Trinajstić information content (AvgIpc) is 2.37. The van der Waals surface area contributed by atoms with Gasteiger partial charge in [-0.25, -0.2) is 0 Å². The fraction of sp³-hybridized carbons (Fsp3) is 0.533. The molecule has 4 heteroatoms. The van der Waals surface area contributed by atoms with E-state index in [1.807, 2.05) is 49.9 Å². The van der Waals surface area contributed by atoms with Gasteiger partial charge in [0.2, 0.25) is 5.91 Å². The number of carbonyl (C=O) groups excluding carboxylic acids is 1. The third kappa shape index (κ3) is 6.12. The van der Waals surface area contributed by atoms with Gasteiger partial charge in [-0.1, -0.05) is 26.0 Å². The van der Waals surface area contributed by atoms with Gasteiger partial charge in [0.25, 0.3) is 0 Å². The summed E-state index contributed by atoms with van der Waals surface area (Å²) in [5.74, 6) is 1.06. The monoisotopic (exact) mass is 281 g/mol. The van der Waals surface area contributed by atoms with Crippen LogP contribution in [0.1, 0.15) is 25.8 Å². The lowest BCUT2D eigenvalue weighted by Gasteiger charge is -2.14. The first kappa shape index (κ1) is 16.1. The van der Waals surface area contributed by atoms with Gasteiger partial charge in [0.1, 0.15) is 0 Å². The molecule has 0 aliphatic carbocycles. The first-order valence-electron chi connectivity index (χ1n) is 6.58. The molecule has 0 saturated carbocycles. The van der Waals surface area contributed by atoms with Crippen molar-refractivity contribution in [1.82, 2.24) is 0 Å². The molecule has 106 valence electrons. The van der Waals surface area contributed by atoms with E-state index in [1.54, 1.807) is 0 Å². The van der Waals surface area contributed by atoms with Gasteiger partial charge < -0.3 is 10.4 Å². The highest BCUT2D eigenvalue weighted by molar-refractivity contribution is 7.98. The van der Waals surface area contributed by atoms with E-state index in [0.717, 1.165) is 17.9 Å². The Hall–Kier alpha value is -1.00. The molecule has 1 atom stereocenters. The number of anilines is 1. The van der Waals surface area contributed by atoms with Gasteiger partial charge in [0, 0.05) is 5.69 Å². The molecule has 0 spiro atoms. The fourth-order valence-corrected chi connectivity index (χ4v) is 2.05. The van der Waals surface area contributed by atoms with Gasteiger partial charge in [-0.3, -0.25) is 4.79 Å². The van der Waals surface area contributed by atoms with Crippen LogP contribution in [0.15, 0.2) is 24.3 Å². The third-order valence-electron chi connectivity index (χ3n) is 3.00. The summed E-state index contributed by atoms with van der Waals surface area (Å²) in [5.41, 5.74) is 2.06. The number of thioether (sulfide) groups is 1. The number of aliphatic hydroxyl groups is 1. The zero-order valence-electron chi connectivity index (χ0n) is 11.8. The number of aryl methyl sites for hydroxylation is 1. The van der Waals surface area contributed by atoms with Crippen molar-refractivity contribution in [3.8, 4) is 0 Å². The minimum atomic E-state index is -0.583. The molecular formula is C15H23NO2S. The molecule has 1 rings (SSSR count). The SMILES string of the molecule is CSCCc1ccc(NC(=O)CC(O)C(C)C)cc1. The Morgan fingerprint density at radius 3 is 2.47 bits per heavy atom. The molecule has 1 aromatic rings. The van der Waals surface area contributed by atoms with Gasteiger partial charge in [-0.15, -0.1) is 0 Å². The van der Waals surface area contributed by atoms with E-state index in [4.69, 9.17) is 0 Å². The van der Waals surface area contributed by atoms with Crippen molar-refractivity contribution in [1.29, 1.82) is 0 Å². The van der Waals surface area contributed by atoms with Crippen LogP contribution in [-0.2, 0) is 11.2 Å². The Morgan fingerprint density at radius 2 is 1.95 bits per heavy atom. The summed E-state index contributed by atoms with van der Waals surface area (Å²) in [4.78, 5) is 11.7. The van der Waals surface area contributed by atoms with Gasteiger partial charge in [0.05, 0.1) is 12.5 Å². The van der Waals surface area contributed by atoms with E-state index in [9.17, 15) is 9.90 Å². The van der Waals surface area contributed by atoms with E-state index in [-0.39, 0.29) is 18.2 Å². The molecule has 0 aliphatic heterocycles. The molecule has 0 heterocycles. The average molecular weight is 281 g/mol. The van der Waals surface area contributed by atoms with Crippen molar-refractivity contribution in [3.05, 3.63) is 29.8 Å². The zero-order chi connectivity index (χ0) is 14.3. The Kier molecular flexibility index (Phi) is 6.95. The summed E-state index contributed by atoms with van der Waals surface area (Å²) in [6.45, 7) is 3.80. The summed E-state index contributed by atoms with van der Waals surface area (Å²) in [5, 5.41) is 12.5. The molecule has 0 saturated heterocycles. The fourth-order valence-electron chi connectivity index (χ4n) is 1.61. The maximum atomic E-state index is 11.7. The molecule has 2 N–H and O–H groups in total. The maximum Gasteiger partial charge on any atom is 0.226 e. The highest BCUT2D eigenvalue weighted by atomic mass is 32.2. The molecule has 1 unspecified atom stereocenters. The molecule has 0 radical (unpaired) electrons. The van der Waals surface area contributed by atoms with Crippen LogP contribution in [0.5, 0.6) is 0 Å². The van der Waals surface area contributed by atoms with Crippen LogP contribution in [0, 0.1) is 5.92 Å². The summed E-state index contributed by atoms with van der Waals surface area (Å²) < 4.78 is 0. The highest BCUT2D eigenvalue weighted by Crippen LogP contribution is 2.13. The molecule has 0 aliphatic rings. The van der Waals surface area contributed by atoms with Crippen LogP contribution in [0.4, 0.5) is 5.69 Å². The molecule has 0 bridgehead atoms. The summed E-state index contributed by atoms with van der Waals surface area (Å²) >= 11 is 1.82. The van der Waals surface area contributed by atoms with Gasteiger partial charge >= 0.3 is 0 Å². The van der Waals surface area contributed by atoms with Crippen molar-refractivity contribution in [2.45, 2.75) is 32.8 Å². The predicted molar refractivity (Wildman–Crippen MR) is 82.6 cm³/mol. The second-order valence-corrected chi connectivity index (χ2v) is 5.99. The highest BCUT2D eigenvalue weighted by Gasteiger charge is 2.14. The Bertz CT molecular complexity index is 390. The van der Waals surface area contributed by atoms with Gasteiger partial charge in [0.15, 0.2) is 0 Å². The number of hydrogen-bond acceptors (Lipinski definition) is 3. The van der Waals surface area contributed by atoms with Crippen molar-refractivity contribution in [2.24, 2.45) is 5.92 Å². The number of carbonyl (C=O) groups is 1. The summed E-state index contributed by atoms with van der Waals surface area (Å²) in [6.07, 6.45) is 2.70. The van der Waals surface area contributed by atoms with Crippen molar-refractivity contribution in [2.75, 3.05) is 17.3 Å². The van der Waals surface area contributed by atoms with Gasteiger partial charge in [-0.2, -0.15) is 11.8 Å². The van der Waals surface area contributed by atoms with Crippen LogP contribution < -0.4 is 5.32 Å². The lowest BCUT2D eigenvalue weighted by atomic mass is 10.0. The normalized spacial score (nSPS) is 12.5. The van der Waals surface area contributed by atoms with Crippen molar-refractivity contribution < 1.29 is 9.90 Å². The lowest BCUT2D eigenvalue weighted by Crippen LogP contribution is -2.23. The van der Waals surface area contributed by atoms with E-state index < -0.39 is 6.10 Å². The molecule has 3 nitrogen and oxygen atoms in total. The maximum absolute atomic E-state index is 11.7. The minimum Gasteiger partial charge on any atom is -0.392 e. The number of aliphatic hydroxyl groups excluding tert-OH is 1. The third-order valence-corrected chi connectivity index (χ3v) is 3.61. The molecule has 19 heavy (non-hydrogen) atoms. The van der Waals surface area contributed by atoms with Crippen LogP contribution in [0.3, 0.4) is 0 Å². The summed E-state index contributed by atoms with van der Waals surface area (Å²) in [6, 6.07) is 7.89. The zero-order valence-corrected chi connectivity index (χ0v) is 12.7. The van der Waals surface area contributed by atoms with E-state index in [1.165, 1.54) is 5.56 Å². The van der Waals surface area contributed by atoms with Crippen LogP contribution >= 0.6 is 11.8 Å². The Morgan fingerprint density at radius 1 is 1.32 bits per heavy atom. The second-order valence-electron chi connectivity index (χ2n) is 5.00. The van der Waals surface area contributed by atoms with Crippen molar-refractivity contribution in [3.63, 3.8) is 0 Å². The van der Waals surface area contributed by atoms with Crippen LogP contribution in [0.25, 0.3) is 0 Å². The number of amides is 1. The number of nitrogens with one attached hydrogen (secondary N) is 1. The van der Waals surface area contributed by atoms with Crippen LogP contribution in [-0.4, -0.2) is 29.1 Å². The second kappa shape index (κ2) is 8.23. The molecule has 0 aromatic heterocycles. The topological polar surface area (TPSA) is 49.3 Å². The number of rotatable bonds is 7. The first-order chi connectivity index (χ1) is 9.02. The van der Waals surface area contributed by atoms with E-state index in [0.29, 0.717) is 0 Å². The molecule has 1 amide bonds. The lowest BCUT2D eigenvalue weighted by molar-refractivity contribution is -0.118. The standard InChI is InChI=1S/C15H23NO2S/c1-11(2)14(17)10-15(18)16-13-6-4-12(5-7-13)8-9-19-3/h4-7,11,14,17H,8-10H2,1-3H3,(H,16,18). The first-order valence-corrected chi connectivity index (χ1v) is 7.98. The van der Waals surface area contributed by atoms with Crippen molar-refractivity contribution >= 4 is 23.4 Å². The number of benzene rings is 1. The quantitative estimate of drug-likeness (QED) is 0.808. The minimum absolute atomic E-state index is 0.0969. The number of hydrogen-bond donors (Lipinski definition) is 2. The van der Waals surface area contributed by atoms with E-state index in [2.05, 4.69) is 11.6 Å². The Labute approximate surface area is 119 Å². The smallest absolute Gasteiger partial charge is 0.226 e. The van der Waals surface area contributed by atoms with Crippen LogP contribution in [0.2, 0.25) is 0 Å². The summed E-state index contributed by atoms with van der Waals surface area (Å²) in [7, 11) is 0.